The molecule has 0 spiro atoms. The van der Waals surface area contributed by atoms with Gasteiger partial charge in [0.1, 0.15) is 5.58 Å². The molecule has 0 atom stereocenters. The first-order valence-electron chi connectivity index (χ1n) is 10.6. The first-order valence-corrected chi connectivity index (χ1v) is 10.6. The number of anilines is 2. The van der Waals surface area contributed by atoms with Gasteiger partial charge in [0.25, 0.3) is 0 Å². The van der Waals surface area contributed by atoms with Crippen molar-refractivity contribution in [3.63, 3.8) is 0 Å². The van der Waals surface area contributed by atoms with Gasteiger partial charge in [-0.2, -0.15) is 0 Å². The summed E-state index contributed by atoms with van der Waals surface area (Å²) in [7, 11) is 0. The maximum atomic E-state index is 12.9. The number of carbonyl (C=O) groups is 1. The summed E-state index contributed by atoms with van der Waals surface area (Å²) in [5.74, 6) is -0.386. The lowest BCUT2D eigenvalue weighted by Crippen LogP contribution is -2.37. The predicted molar refractivity (Wildman–Crippen MR) is 123 cm³/mol. The molecule has 2 aromatic carbocycles. The number of benzene rings is 2. The number of carboxylic acids is 1. The number of piperidine rings is 1. The van der Waals surface area contributed by atoms with E-state index < -0.39 is 5.97 Å². The van der Waals surface area contributed by atoms with Crippen molar-refractivity contribution in [2.24, 2.45) is 5.41 Å². The van der Waals surface area contributed by atoms with Crippen LogP contribution in [0.4, 0.5) is 11.6 Å². The van der Waals surface area contributed by atoms with Gasteiger partial charge in [0.05, 0.1) is 10.9 Å². The minimum absolute atomic E-state index is 0.0584. The van der Waals surface area contributed by atoms with Gasteiger partial charge in [0, 0.05) is 37.0 Å². The molecule has 162 valence electrons. The molecule has 4 rings (SSSR count). The number of nitrogens with one attached hydrogen (secondary N) is 1. The first-order chi connectivity index (χ1) is 14.7. The Labute approximate surface area is 181 Å². The van der Waals surface area contributed by atoms with E-state index in [0.29, 0.717) is 34.5 Å². The van der Waals surface area contributed by atoms with Crippen molar-refractivity contribution >= 4 is 28.5 Å². The van der Waals surface area contributed by atoms with Gasteiger partial charge in [-0.3, -0.25) is 4.79 Å². The number of hydrogen-bond acceptors (Lipinski definition) is 5. The van der Waals surface area contributed by atoms with E-state index in [4.69, 9.17) is 4.42 Å². The maximum Gasteiger partial charge on any atom is 0.337 e. The van der Waals surface area contributed by atoms with E-state index in [1.54, 1.807) is 30.3 Å². The molecule has 1 aromatic heterocycles. The van der Waals surface area contributed by atoms with Gasteiger partial charge in [-0.15, -0.1) is 0 Å². The lowest BCUT2D eigenvalue weighted by molar-refractivity contribution is 0.0698. The van der Waals surface area contributed by atoms with Crippen LogP contribution in [0.25, 0.3) is 11.0 Å². The molecule has 3 aromatic rings. The molecule has 0 saturated carbocycles. The van der Waals surface area contributed by atoms with E-state index in [0.717, 1.165) is 37.1 Å². The van der Waals surface area contributed by atoms with E-state index in [1.165, 1.54) is 0 Å². The van der Waals surface area contributed by atoms with Crippen LogP contribution in [-0.2, 0) is 6.54 Å². The molecule has 1 saturated heterocycles. The molecule has 1 fully saturated rings. The van der Waals surface area contributed by atoms with Gasteiger partial charge in [-0.25, -0.2) is 4.79 Å². The lowest BCUT2D eigenvalue weighted by Gasteiger charge is -2.37. The molecule has 2 N–H and O–H groups in total. The van der Waals surface area contributed by atoms with Crippen LogP contribution in [0.3, 0.4) is 0 Å². The monoisotopic (exact) mass is 420 g/mol. The van der Waals surface area contributed by atoms with Crippen molar-refractivity contribution in [2.75, 3.05) is 23.3 Å². The van der Waals surface area contributed by atoms with Crippen molar-refractivity contribution in [3.05, 3.63) is 69.4 Å². The number of fused-ring (bicyclic) bond motifs is 1. The average Bonchev–Trinajstić information content (AvgIpc) is 2.72. The molecule has 0 radical (unpaired) electrons. The molecule has 2 heterocycles. The maximum absolute atomic E-state index is 12.9. The van der Waals surface area contributed by atoms with Crippen LogP contribution in [0.1, 0.15) is 48.2 Å². The SMILES string of the molecule is Cc1cc(CNc2ccccc2C(=O)O)c2oc(N3CCC(C)(C)CC3)cc(=O)c2c1. The van der Waals surface area contributed by atoms with E-state index >= 15 is 0 Å². The standard InChI is InChI=1S/C25H28N2O4/c1-16-12-17(15-26-20-7-5-4-6-18(20)24(29)30)23-19(13-16)21(28)14-22(31-23)27-10-8-25(2,3)9-11-27/h4-7,12-14,26H,8-11,15H2,1-3H3,(H,29,30). The molecule has 0 unspecified atom stereocenters. The van der Waals surface area contributed by atoms with Crippen molar-refractivity contribution < 1.29 is 14.3 Å². The number of aromatic carboxylic acids is 1. The van der Waals surface area contributed by atoms with Crippen LogP contribution in [0.5, 0.6) is 0 Å². The van der Waals surface area contributed by atoms with Crippen LogP contribution >= 0.6 is 0 Å². The number of nitrogens with zero attached hydrogens (tertiary/aromatic N) is 1. The molecular weight excluding hydrogens is 392 g/mol. The lowest BCUT2D eigenvalue weighted by atomic mass is 9.83. The Kier molecular flexibility index (Phi) is 5.48. The molecule has 0 amide bonds. The third-order valence-electron chi connectivity index (χ3n) is 6.09. The summed E-state index contributed by atoms with van der Waals surface area (Å²) in [6.07, 6.45) is 2.09. The van der Waals surface area contributed by atoms with Crippen LogP contribution in [0.2, 0.25) is 0 Å². The summed E-state index contributed by atoms with van der Waals surface area (Å²) in [6.45, 7) is 8.53. The quantitative estimate of drug-likeness (QED) is 0.602. The van der Waals surface area contributed by atoms with Crippen molar-refractivity contribution in [3.8, 4) is 0 Å². The number of hydrogen-bond donors (Lipinski definition) is 2. The summed E-state index contributed by atoms with van der Waals surface area (Å²) in [4.78, 5) is 26.6. The van der Waals surface area contributed by atoms with Crippen molar-refractivity contribution in [1.82, 2.24) is 0 Å². The zero-order valence-electron chi connectivity index (χ0n) is 18.2. The zero-order valence-corrected chi connectivity index (χ0v) is 18.2. The minimum Gasteiger partial charge on any atom is -0.478 e. The van der Waals surface area contributed by atoms with Gasteiger partial charge >= 0.3 is 5.97 Å². The average molecular weight is 421 g/mol. The second-order valence-electron chi connectivity index (χ2n) is 9.11. The third kappa shape index (κ3) is 4.43. The van der Waals surface area contributed by atoms with E-state index in [2.05, 4.69) is 24.1 Å². The summed E-state index contributed by atoms with van der Waals surface area (Å²) in [6, 6.07) is 12.2. The van der Waals surface area contributed by atoms with Crippen LogP contribution < -0.4 is 15.6 Å². The van der Waals surface area contributed by atoms with Crippen molar-refractivity contribution in [2.45, 2.75) is 40.2 Å². The third-order valence-corrected chi connectivity index (χ3v) is 6.09. The van der Waals surface area contributed by atoms with Gasteiger partial charge in [-0.05, 0) is 48.9 Å². The van der Waals surface area contributed by atoms with Crippen molar-refractivity contribution in [1.29, 1.82) is 0 Å². The van der Waals surface area contributed by atoms with Crippen LogP contribution in [-0.4, -0.2) is 24.2 Å². The van der Waals surface area contributed by atoms with Gasteiger partial charge < -0.3 is 19.7 Å². The summed E-state index contributed by atoms with van der Waals surface area (Å²) >= 11 is 0. The van der Waals surface area contributed by atoms with Gasteiger partial charge in [0.2, 0.25) is 0 Å². The fourth-order valence-corrected chi connectivity index (χ4v) is 4.11. The van der Waals surface area contributed by atoms with E-state index in [9.17, 15) is 14.7 Å². The molecule has 31 heavy (non-hydrogen) atoms. The summed E-state index contributed by atoms with van der Waals surface area (Å²) in [5.41, 5.74) is 3.31. The summed E-state index contributed by atoms with van der Waals surface area (Å²) in [5, 5.41) is 13.2. The molecule has 0 aliphatic carbocycles. The van der Waals surface area contributed by atoms with E-state index in [1.807, 2.05) is 19.1 Å². The number of para-hydroxylation sites is 1. The first kappa shape index (κ1) is 21.0. The Morgan fingerprint density at radius 2 is 1.87 bits per heavy atom. The fourth-order valence-electron chi connectivity index (χ4n) is 4.11. The molecule has 1 aliphatic heterocycles. The normalized spacial score (nSPS) is 15.8. The topological polar surface area (TPSA) is 82.8 Å². The highest BCUT2D eigenvalue weighted by molar-refractivity contribution is 5.94. The minimum atomic E-state index is -0.987. The van der Waals surface area contributed by atoms with Crippen LogP contribution in [0, 0.1) is 12.3 Å². The Morgan fingerprint density at radius 3 is 2.58 bits per heavy atom. The Hall–Kier alpha value is -3.28. The number of carboxylic acid groups (broad SMARTS) is 1. The second-order valence-corrected chi connectivity index (χ2v) is 9.11. The fraction of sp³-hybridized carbons (Fsp3) is 0.360. The molecule has 1 aliphatic rings. The highest BCUT2D eigenvalue weighted by atomic mass is 16.4. The second kappa shape index (κ2) is 8.10. The van der Waals surface area contributed by atoms with Gasteiger partial charge in [0.15, 0.2) is 11.3 Å². The molecule has 6 nitrogen and oxygen atoms in total. The predicted octanol–water partition coefficient (Wildman–Crippen LogP) is 5.04. The Morgan fingerprint density at radius 1 is 1.16 bits per heavy atom. The molecule has 6 heteroatoms. The largest absolute Gasteiger partial charge is 0.478 e. The number of aryl methyl sites for hydroxylation is 1. The van der Waals surface area contributed by atoms with Gasteiger partial charge in [-0.1, -0.05) is 32.0 Å². The van der Waals surface area contributed by atoms with E-state index in [-0.39, 0.29) is 11.0 Å². The highest BCUT2D eigenvalue weighted by Gasteiger charge is 2.27. The van der Waals surface area contributed by atoms with Crippen LogP contribution in [0.15, 0.2) is 51.7 Å². The highest BCUT2D eigenvalue weighted by Crippen LogP contribution is 2.33. The Balaban J connectivity index is 1.69. The molecular formula is C25H28N2O4. The Bertz CT molecular complexity index is 1190. The number of rotatable bonds is 5. The molecule has 0 bridgehead atoms. The summed E-state index contributed by atoms with van der Waals surface area (Å²) < 4.78 is 6.27. The zero-order chi connectivity index (χ0) is 22.2. The smallest absolute Gasteiger partial charge is 0.337 e.